The van der Waals surface area contributed by atoms with E-state index < -0.39 is 24.4 Å². The fraction of sp³-hybridized carbons (Fsp3) is 0.125. The van der Waals surface area contributed by atoms with Gasteiger partial charge in [-0.2, -0.15) is 23.0 Å². The number of benzene rings is 1. The Morgan fingerprint density at radius 1 is 1.19 bits per heavy atom. The van der Waals surface area contributed by atoms with Crippen molar-refractivity contribution >= 4 is 23.5 Å². The number of nitrogens with zero attached hydrogens (tertiary/aromatic N) is 4. The van der Waals surface area contributed by atoms with E-state index in [9.17, 15) is 18.0 Å². The lowest BCUT2D eigenvalue weighted by Crippen LogP contribution is -2.22. The third-order valence-electron chi connectivity index (χ3n) is 3.22. The van der Waals surface area contributed by atoms with Crippen molar-refractivity contribution in [2.75, 3.05) is 11.9 Å². The zero-order valence-electron chi connectivity index (χ0n) is 13.4. The van der Waals surface area contributed by atoms with Gasteiger partial charge in [0.05, 0.1) is 10.7 Å². The Bertz CT molecular complexity index is 947. The van der Waals surface area contributed by atoms with E-state index in [1.807, 2.05) is 0 Å². The average molecular weight is 398 g/mol. The minimum atomic E-state index is -4.69. The Labute approximate surface area is 155 Å². The summed E-state index contributed by atoms with van der Waals surface area (Å²) in [6, 6.07) is 8.42. The normalized spacial score (nSPS) is 11.3. The molecule has 0 radical (unpaired) electrons. The molecule has 3 aromatic rings. The second-order valence-electron chi connectivity index (χ2n) is 5.14. The Kier molecular flexibility index (Phi) is 5.26. The molecule has 140 valence electrons. The molecule has 7 nitrogen and oxygen atoms in total. The lowest BCUT2D eigenvalue weighted by atomic mass is 10.3. The van der Waals surface area contributed by atoms with Gasteiger partial charge in [0.15, 0.2) is 12.3 Å². The molecular weight excluding hydrogens is 387 g/mol. The lowest BCUT2D eigenvalue weighted by Gasteiger charge is -2.10. The van der Waals surface area contributed by atoms with Gasteiger partial charge in [0.25, 0.3) is 5.91 Å². The van der Waals surface area contributed by atoms with Crippen molar-refractivity contribution in [3.05, 3.63) is 59.5 Å². The van der Waals surface area contributed by atoms with E-state index in [1.165, 1.54) is 24.5 Å². The van der Waals surface area contributed by atoms with E-state index in [4.69, 9.17) is 16.3 Å². The molecule has 2 aromatic heterocycles. The maximum atomic E-state index is 13.0. The molecule has 0 atom stereocenters. The number of amides is 1. The first-order valence-corrected chi connectivity index (χ1v) is 7.84. The zero-order chi connectivity index (χ0) is 19.4. The highest BCUT2D eigenvalue weighted by Crippen LogP contribution is 2.33. The summed E-state index contributed by atoms with van der Waals surface area (Å²) in [5, 5.41) is 6.02. The number of hydrogen-bond acceptors (Lipinski definition) is 5. The number of halogens is 4. The molecule has 3 rings (SSSR count). The molecule has 27 heavy (non-hydrogen) atoms. The molecule has 2 heterocycles. The number of para-hydroxylation sites is 1. The number of carbonyl (C=O) groups excluding carboxylic acids is 1. The van der Waals surface area contributed by atoms with Gasteiger partial charge in [0, 0.05) is 18.5 Å². The molecule has 0 saturated heterocycles. The summed E-state index contributed by atoms with van der Waals surface area (Å²) in [4.78, 5) is 19.5. The molecule has 11 heteroatoms. The van der Waals surface area contributed by atoms with Crippen LogP contribution in [0, 0.1) is 0 Å². The van der Waals surface area contributed by atoms with Gasteiger partial charge in [-0.1, -0.05) is 23.7 Å². The van der Waals surface area contributed by atoms with Crippen LogP contribution in [0.3, 0.4) is 0 Å². The Hall–Kier alpha value is -3.14. The number of anilines is 1. The van der Waals surface area contributed by atoms with E-state index in [2.05, 4.69) is 20.4 Å². The zero-order valence-corrected chi connectivity index (χ0v) is 14.2. The second-order valence-corrected chi connectivity index (χ2v) is 5.55. The van der Waals surface area contributed by atoms with E-state index in [1.54, 1.807) is 18.2 Å². The van der Waals surface area contributed by atoms with Crippen LogP contribution in [-0.4, -0.2) is 32.3 Å². The fourth-order valence-electron chi connectivity index (χ4n) is 2.07. The molecule has 1 amide bonds. The predicted octanol–water partition coefficient (Wildman–Crippen LogP) is 3.35. The van der Waals surface area contributed by atoms with Gasteiger partial charge in [-0.15, -0.1) is 0 Å². The molecule has 0 bridgehead atoms. The molecule has 0 aliphatic rings. The van der Waals surface area contributed by atoms with Crippen LogP contribution in [0.2, 0.25) is 5.02 Å². The van der Waals surface area contributed by atoms with Gasteiger partial charge >= 0.3 is 6.18 Å². The SMILES string of the molecule is O=C(COc1cc(C(F)(F)F)nn1-c1ccccc1Cl)Nc1ncccn1. The molecule has 0 saturated carbocycles. The maximum absolute atomic E-state index is 13.0. The predicted molar refractivity (Wildman–Crippen MR) is 89.7 cm³/mol. The van der Waals surface area contributed by atoms with Crippen LogP contribution in [0.15, 0.2) is 48.8 Å². The van der Waals surface area contributed by atoms with Crippen molar-refractivity contribution < 1.29 is 22.7 Å². The third-order valence-corrected chi connectivity index (χ3v) is 3.54. The van der Waals surface area contributed by atoms with Gasteiger partial charge in [-0.05, 0) is 18.2 Å². The van der Waals surface area contributed by atoms with E-state index in [0.29, 0.717) is 6.07 Å². The van der Waals surface area contributed by atoms with E-state index in [-0.39, 0.29) is 22.5 Å². The summed E-state index contributed by atoms with van der Waals surface area (Å²) in [5.74, 6) is -0.900. The van der Waals surface area contributed by atoms with Gasteiger partial charge in [0.1, 0.15) is 0 Å². The first kappa shape index (κ1) is 18.6. The summed E-state index contributed by atoms with van der Waals surface area (Å²) in [6.45, 7) is -0.578. The summed E-state index contributed by atoms with van der Waals surface area (Å²) in [6.07, 6.45) is -1.85. The molecule has 1 N–H and O–H groups in total. The maximum Gasteiger partial charge on any atom is 0.435 e. The summed E-state index contributed by atoms with van der Waals surface area (Å²) < 4.78 is 45.2. The number of alkyl halides is 3. The highest BCUT2D eigenvalue weighted by molar-refractivity contribution is 6.32. The second kappa shape index (κ2) is 7.62. The van der Waals surface area contributed by atoms with Crippen LogP contribution in [0.4, 0.5) is 19.1 Å². The van der Waals surface area contributed by atoms with Crippen LogP contribution in [0.5, 0.6) is 5.88 Å². The topological polar surface area (TPSA) is 81.9 Å². The molecule has 0 spiro atoms. The lowest BCUT2D eigenvalue weighted by molar-refractivity contribution is -0.141. The van der Waals surface area contributed by atoms with Crippen molar-refractivity contribution in [1.29, 1.82) is 0 Å². The molecule has 0 aliphatic carbocycles. The molecule has 0 aliphatic heterocycles. The Balaban J connectivity index is 1.82. The first-order valence-electron chi connectivity index (χ1n) is 7.46. The summed E-state index contributed by atoms with van der Waals surface area (Å²) >= 11 is 6.03. The van der Waals surface area contributed by atoms with Crippen molar-refractivity contribution in [2.24, 2.45) is 0 Å². The number of aromatic nitrogens is 4. The van der Waals surface area contributed by atoms with Gasteiger partial charge in [0.2, 0.25) is 11.8 Å². The van der Waals surface area contributed by atoms with Crippen molar-refractivity contribution in [1.82, 2.24) is 19.7 Å². The van der Waals surface area contributed by atoms with Gasteiger partial charge in [-0.3, -0.25) is 10.1 Å². The van der Waals surface area contributed by atoms with E-state index in [0.717, 1.165) is 4.68 Å². The average Bonchev–Trinajstić information content (AvgIpc) is 3.06. The fourth-order valence-corrected chi connectivity index (χ4v) is 2.28. The monoisotopic (exact) mass is 397 g/mol. The first-order chi connectivity index (χ1) is 12.8. The minimum absolute atomic E-state index is 0.0432. The van der Waals surface area contributed by atoms with Crippen LogP contribution in [0.1, 0.15) is 5.69 Å². The van der Waals surface area contributed by atoms with Gasteiger partial charge in [-0.25, -0.2) is 9.97 Å². The Morgan fingerprint density at radius 3 is 2.56 bits per heavy atom. The highest BCUT2D eigenvalue weighted by atomic mass is 35.5. The molecule has 0 fully saturated rings. The van der Waals surface area contributed by atoms with Crippen LogP contribution in [-0.2, 0) is 11.0 Å². The largest absolute Gasteiger partial charge is 0.467 e. The number of carbonyl (C=O) groups is 1. The molecular formula is C16H11ClF3N5O2. The molecule has 1 aromatic carbocycles. The van der Waals surface area contributed by atoms with E-state index >= 15 is 0 Å². The van der Waals surface area contributed by atoms with Crippen LogP contribution >= 0.6 is 11.6 Å². The smallest absolute Gasteiger partial charge is 0.435 e. The number of ether oxygens (including phenoxy) is 1. The number of hydrogen-bond donors (Lipinski definition) is 1. The number of nitrogens with one attached hydrogen (secondary N) is 1. The van der Waals surface area contributed by atoms with Crippen molar-refractivity contribution in [2.45, 2.75) is 6.18 Å². The number of rotatable bonds is 5. The van der Waals surface area contributed by atoms with Gasteiger partial charge < -0.3 is 4.74 Å². The van der Waals surface area contributed by atoms with Crippen LogP contribution in [0.25, 0.3) is 5.69 Å². The van der Waals surface area contributed by atoms with Crippen molar-refractivity contribution in [3.8, 4) is 11.6 Å². The molecule has 0 unspecified atom stereocenters. The third kappa shape index (κ3) is 4.53. The Morgan fingerprint density at radius 2 is 1.89 bits per heavy atom. The quantitative estimate of drug-likeness (QED) is 0.714. The highest BCUT2D eigenvalue weighted by Gasteiger charge is 2.36. The van der Waals surface area contributed by atoms with Crippen molar-refractivity contribution in [3.63, 3.8) is 0 Å². The standard InChI is InChI=1S/C16H11ClF3N5O2/c17-10-4-1-2-5-11(10)25-14(8-12(24-25)16(18,19)20)27-9-13(26)23-15-21-6-3-7-22-15/h1-8H,9H2,(H,21,22,23,26). The summed E-state index contributed by atoms with van der Waals surface area (Å²) in [5.41, 5.74) is -0.999. The minimum Gasteiger partial charge on any atom is -0.467 e. The van der Waals surface area contributed by atoms with Crippen LogP contribution < -0.4 is 10.1 Å². The summed E-state index contributed by atoms with van der Waals surface area (Å²) in [7, 11) is 0.